The molecule has 8 heavy (non-hydrogen) atoms. The Morgan fingerprint density at radius 3 is 2.88 bits per heavy atom. The molecule has 3 nitrogen and oxygen atoms in total. The van der Waals surface area contributed by atoms with E-state index in [9.17, 15) is 0 Å². The highest BCUT2D eigenvalue weighted by Gasteiger charge is 1.96. The van der Waals surface area contributed by atoms with E-state index in [1.54, 1.807) is 13.2 Å². The highest BCUT2D eigenvalue weighted by molar-refractivity contribution is 14.1. The third-order valence-electron chi connectivity index (χ3n) is 0.669. The summed E-state index contributed by atoms with van der Waals surface area (Å²) in [5, 5.41) is 3.53. The second-order valence-electron chi connectivity index (χ2n) is 1.17. The van der Waals surface area contributed by atoms with Crippen molar-refractivity contribution in [3.8, 4) is 5.88 Å². The van der Waals surface area contributed by atoms with Gasteiger partial charge in [0.05, 0.1) is 13.2 Å². The number of nitrogens with zero attached hydrogens (tertiary/aromatic N) is 1. The average molecular weight is 225 g/mol. The van der Waals surface area contributed by atoms with Crippen LogP contribution in [0.1, 0.15) is 0 Å². The lowest BCUT2D eigenvalue weighted by Gasteiger charge is -1.83. The van der Waals surface area contributed by atoms with Gasteiger partial charge in [-0.15, -0.1) is 0 Å². The van der Waals surface area contributed by atoms with Gasteiger partial charge in [-0.1, -0.05) is 0 Å². The first kappa shape index (κ1) is 5.87. The molecule has 0 saturated carbocycles. The topological polar surface area (TPSA) is 35.3 Å². The Hall–Kier alpha value is -0.260. The van der Waals surface area contributed by atoms with Crippen LogP contribution in [0.5, 0.6) is 5.88 Å². The summed E-state index contributed by atoms with van der Waals surface area (Å²) in [7, 11) is 1.55. The molecule has 44 valence electrons. The van der Waals surface area contributed by atoms with Crippen LogP contribution in [0.3, 0.4) is 0 Å². The maximum Gasteiger partial charge on any atom is 0.254 e. The molecule has 0 aliphatic heterocycles. The van der Waals surface area contributed by atoms with Gasteiger partial charge in [0.25, 0.3) is 5.88 Å². The Morgan fingerprint density at radius 1 is 1.88 bits per heavy atom. The van der Waals surface area contributed by atoms with E-state index in [2.05, 4.69) is 9.68 Å². The molecule has 1 heterocycles. The fraction of sp³-hybridized carbons (Fsp3) is 0.250. The van der Waals surface area contributed by atoms with Gasteiger partial charge < -0.3 is 9.26 Å². The predicted octanol–water partition coefficient (Wildman–Crippen LogP) is 1.29. The molecule has 0 radical (unpaired) electrons. The van der Waals surface area contributed by atoms with Crippen molar-refractivity contribution >= 4 is 22.6 Å². The molecule has 0 fully saturated rings. The third-order valence-corrected chi connectivity index (χ3v) is 1.18. The van der Waals surface area contributed by atoms with Gasteiger partial charge in [0.1, 0.15) is 0 Å². The quantitative estimate of drug-likeness (QED) is 0.675. The number of aromatic nitrogens is 1. The lowest BCUT2D eigenvalue weighted by atomic mass is 10.7. The van der Waals surface area contributed by atoms with E-state index in [1.807, 2.05) is 22.6 Å². The molecule has 0 bridgehead atoms. The fourth-order valence-corrected chi connectivity index (χ4v) is 0.699. The number of rotatable bonds is 1. The van der Waals surface area contributed by atoms with Gasteiger partial charge in [-0.2, -0.15) is 0 Å². The van der Waals surface area contributed by atoms with E-state index in [1.165, 1.54) is 0 Å². The van der Waals surface area contributed by atoms with Crippen molar-refractivity contribution < 1.29 is 9.26 Å². The van der Waals surface area contributed by atoms with Gasteiger partial charge in [0.2, 0.25) is 0 Å². The summed E-state index contributed by atoms with van der Waals surface area (Å²) in [6.45, 7) is 0. The number of hydrogen-bond acceptors (Lipinski definition) is 3. The van der Waals surface area contributed by atoms with Gasteiger partial charge in [-0.05, 0) is 5.16 Å². The van der Waals surface area contributed by atoms with Crippen LogP contribution < -0.4 is 4.74 Å². The highest BCUT2D eigenvalue weighted by Crippen LogP contribution is 2.11. The second-order valence-corrected chi connectivity index (χ2v) is 2.24. The molecular formula is C4H4INO2. The van der Waals surface area contributed by atoms with E-state index in [4.69, 9.17) is 4.74 Å². The van der Waals surface area contributed by atoms with Crippen molar-refractivity contribution in [3.05, 3.63) is 9.83 Å². The van der Waals surface area contributed by atoms with Gasteiger partial charge in [-0.25, -0.2) is 0 Å². The fourth-order valence-electron chi connectivity index (χ4n) is 0.335. The smallest absolute Gasteiger partial charge is 0.254 e. The summed E-state index contributed by atoms with van der Waals surface area (Å²) in [5.74, 6) is 0.523. The SMILES string of the molecule is COc1cc(I)on1. The summed E-state index contributed by atoms with van der Waals surface area (Å²) in [5.41, 5.74) is 0. The van der Waals surface area contributed by atoms with Crippen LogP contribution in [-0.2, 0) is 0 Å². The first-order valence-corrected chi connectivity index (χ1v) is 3.07. The number of methoxy groups -OCH3 is 1. The third kappa shape index (κ3) is 1.12. The molecule has 0 unspecified atom stereocenters. The zero-order valence-electron chi connectivity index (χ0n) is 4.22. The zero-order valence-corrected chi connectivity index (χ0v) is 6.38. The summed E-state index contributed by atoms with van der Waals surface area (Å²) in [6.07, 6.45) is 0. The van der Waals surface area contributed by atoms with E-state index >= 15 is 0 Å². The Labute approximate surface area is 60.1 Å². The van der Waals surface area contributed by atoms with Crippen molar-refractivity contribution in [2.24, 2.45) is 0 Å². The molecular weight excluding hydrogens is 221 g/mol. The normalized spacial score (nSPS) is 9.25. The molecule has 0 spiro atoms. The lowest BCUT2D eigenvalue weighted by Crippen LogP contribution is -1.78. The molecule has 0 N–H and O–H groups in total. The molecule has 0 atom stereocenters. The molecule has 0 saturated heterocycles. The second kappa shape index (κ2) is 2.34. The minimum absolute atomic E-state index is 0.523. The summed E-state index contributed by atoms with van der Waals surface area (Å²) in [6, 6.07) is 1.71. The Balaban J connectivity index is 2.84. The molecule has 1 rings (SSSR count). The highest BCUT2D eigenvalue weighted by atomic mass is 127. The number of hydrogen-bond donors (Lipinski definition) is 0. The maximum absolute atomic E-state index is 4.73. The van der Waals surface area contributed by atoms with Crippen molar-refractivity contribution in [2.45, 2.75) is 0 Å². The monoisotopic (exact) mass is 225 g/mol. The molecule has 4 heteroatoms. The molecule has 1 aromatic heterocycles. The first-order chi connectivity index (χ1) is 3.83. The van der Waals surface area contributed by atoms with Crippen LogP contribution in [0.4, 0.5) is 0 Å². The molecule has 0 aromatic carbocycles. The minimum atomic E-state index is 0.523. The average Bonchev–Trinajstić information content (AvgIpc) is 2.14. The number of ether oxygens (including phenoxy) is 1. The number of halogens is 1. The van der Waals surface area contributed by atoms with E-state index in [0.29, 0.717) is 5.88 Å². The van der Waals surface area contributed by atoms with Gasteiger partial charge in [-0.3, -0.25) is 0 Å². The Kier molecular flexibility index (Phi) is 1.72. The largest absolute Gasteiger partial charge is 0.479 e. The van der Waals surface area contributed by atoms with Gasteiger partial charge in [0, 0.05) is 22.6 Å². The zero-order chi connectivity index (χ0) is 5.98. The molecule has 0 aliphatic rings. The van der Waals surface area contributed by atoms with Gasteiger partial charge >= 0.3 is 0 Å². The summed E-state index contributed by atoms with van der Waals surface area (Å²) >= 11 is 2.01. The summed E-state index contributed by atoms with van der Waals surface area (Å²) < 4.78 is 10.1. The van der Waals surface area contributed by atoms with Crippen LogP contribution in [0, 0.1) is 3.77 Å². The standard InChI is InChI=1S/C4H4INO2/c1-7-4-2-3(5)8-6-4/h2H,1H3. The van der Waals surface area contributed by atoms with Crippen molar-refractivity contribution in [3.63, 3.8) is 0 Å². The lowest BCUT2D eigenvalue weighted by molar-refractivity contribution is 0.331. The Morgan fingerprint density at radius 2 is 2.62 bits per heavy atom. The molecule has 1 aromatic rings. The van der Waals surface area contributed by atoms with Crippen molar-refractivity contribution in [1.82, 2.24) is 5.16 Å². The van der Waals surface area contributed by atoms with E-state index in [0.717, 1.165) is 3.77 Å². The van der Waals surface area contributed by atoms with E-state index in [-0.39, 0.29) is 0 Å². The van der Waals surface area contributed by atoms with Gasteiger partial charge in [0.15, 0.2) is 3.77 Å². The Bertz CT molecular complexity index is 174. The van der Waals surface area contributed by atoms with Crippen molar-refractivity contribution in [1.29, 1.82) is 0 Å². The van der Waals surface area contributed by atoms with Crippen molar-refractivity contribution in [2.75, 3.05) is 7.11 Å². The predicted molar refractivity (Wildman–Crippen MR) is 35.8 cm³/mol. The van der Waals surface area contributed by atoms with Crippen LogP contribution >= 0.6 is 22.6 Å². The molecule has 0 aliphatic carbocycles. The minimum Gasteiger partial charge on any atom is -0.479 e. The molecule has 0 amide bonds. The van der Waals surface area contributed by atoms with E-state index < -0.39 is 0 Å². The van der Waals surface area contributed by atoms with Crippen LogP contribution in [0.2, 0.25) is 0 Å². The van der Waals surface area contributed by atoms with Crippen LogP contribution in [0.15, 0.2) is 10.6 Å². The van der Waals surface area contributed by atoms with Crippen LogP contribution in [-0.4, -0.2) is 12.3 Å². The first-order valence-electron chi connectivity index (χ1n) is 1.99. The summed E-state index contributed by atoms with van der Waals surface area (Å²) in [4.78, 5) is 0. The maximum atomic E-state index is 4.73. The van der Waals surface area contributed by atoms with Crippen LogP contribution in [0.25, 0.3) is 0 Å².